The van der Waals surface area contributed by atoms with Gasteiger partial charge in [0.1, 0.15) is 0 Å². The van der Waals surface area contributed by atoms with Crippen LogP contribution < -0.4 is 0 Å². The summed E-state index contributed by atoms with van der Waals surface area (Å²) in [4.78, 5) is 11.1. The van der Waals surface area contributed by atoms with E-state index < -0.39 is 18.0 Å². The largest absolute Gasteiger partial charge is 0.481 e. The van der Waals surface area contributed by atoms with E-state index >= 15 is 0 Å². The van der Waals surface area contributed by atoms with Gasteiger partial charge in [-0.1, -0.05) is 13.8 Å². The lowest BCUT2D eigenvalue weighted by Crippen LogP contribution is -2.26. The highest BCUT2D eigenvalue weighted by Crippen LogP contribution is 2.28. The topological polar surface area (TPSA) is 75.3 Å². The van der Waals surface area contributed by atoms with Crippen LogP contribution in [0.1, 0.15) is 45.4 Å². The van der Waals surface area contributed by atoms with Crippen LogP contribution in [0.5, 0.6) is 0 Å². The van der Waals surface area contributed by atoms with Crippen LogP contribution in [0.3, 0.4) is 0 Å². The highest BCUT2D eigenvalue weighted by Gasteiger charge is 2.31. The predicted octanol–water partition coefficient (Wildman–Crippen LogP) is 1.85. The van der Waals surface area contributed by atoms with E-state index in [1.807, 2.05) is 13.8 Å². The second-order valence-electron chi connectivity index (χ2n) is 4.90. The van der Waals surface area contributed by atoms with Crippen molar-refractivity contribution in [2.45, 2.75) is 39.8 Å². The molecule has 0 radical (unpaired) electrons. The Labute approximate surface area is 101 Å². The summed E-state index contributed by atoms with van der Waals surface area (Å²) in [6.45, 7) is 7.52. The number of hydrogen-bond donors (Lipinski definition) is 2. The Bertz CT molecular complexity index is 385. The van der Waals surface area contributed by atoms with Gasteiger partial charge in [-0.25, -0.2) is 0 Å². The van der Waals surface area contributed by atoms with E-state index in [0.29, 0.717) is 5.56 Å². The number of carboxylic acids is 1. The van der Waals surface area contributed by atoms with Crippen LogP contribution in [0.25, 0.3) is 0 Å². The maximum Gasteiger partial charge on any atom is 0.309 e. The Hall–Kier alpha value is -1.36. The molecule has 0 fully saturated rings. The molecule has 17 heavy (non-hydrogen) atoms. The Balaban J connectivity index is 2.93. The molecule has 0 aliphatic rings. The minimum absolute atomic E-state index is 0.134. The van der Waals surface area contributed by atoms with Gasteiger partial charge in [-0.15, -0.1) is 0 Å². The van der Waals surface area contributed by atoms with Crippen molar-refractivity contribution in [2.24, 2.45) is 11.8 Å². The fourth-order valence-corrected chi connectivity index (χ4v) is 1.78. The van der Waals surface area contributed by atoms with Crippen molar-refractivity contribution in [1.29, 1.82) is 0 Å². The Kier molecular flexibility index (Phi) is 4.28. The molecule has 1 aromatic heterocycles. The molecule has 0 amide bonds. The van der Waals surface area contributed by atoms with E-state index in [1.165, 1.54) is 6.20 Å². The third-order valence-corrected chi connectivity index (χ3v) is 2.84. The average molecular weight is 240 g/mol. The molecule has 0 aliphatic carbocycles. The molecule has 96 valence electrons. The lowest BCUT2D eigenvalue weighted by Gasteiger charge is -2.21. The molecule has 0 spiro atoms. The molecule has 2 atom stereocenters. The zero-order valence-corrected chi connectivity index (χ0v) is 10.7. The minimum atomic E-state index is -1.01. The molecule has 0 bridgehead atoms. The van der Waals surface area contributed by atoms with Gasteiger partial charge in [0, 0.05) is 17.8 Å². The third kappa shape index (κ3) is 3.06. The zero-order valence-electron chi connectivity index (χ0n) is 10.7. The second kappa shape index (κ2) is 5.31. The summed E-state index contributed by atoms with van der Waals surface area (Å²) < 4.78 is 1.71. The molecule has 1 heterocycles. The first-order chi connectivity index (χ1) is 7.84. The highest BCUT2D eigenvalue weighted by atomic mass is 16.4. The number of aromatic nitrogens is 2. The van der Waals surface area contributed by atoms with Gasteiger partial charge in [0.25, 0.3) is 0 Å². The molecule has 0 saturated heterocycles. The lowest BCUT2D eigenvalue weighted by atomic mass is 9.88. The maximum atomic E-state index is 11.1. The molecular weight excluding hydrogens is 220 g/mol. The van der Waals surface area contributed by atoms with E-state index in [-0.39, 0.29) is 12.0 Å². The van der Waals surface area contributed by atoms with E-state index in [2.05, 4.69) is 5.10 Å². The van der Waals surface area contributed by atoms with Crippen molar-refractivity contribution in [3.8, 4) is 0 Å². The molecule has 1 rings (SSSR count). The summed E-state index contributed by atoms with van der Waals surface area (Å²) >= 11 is 0. The number of aliphatic hydroxyl groups is 1. The Morgan fingerprint density at radius 3 is 2.29 bits per heavy atom. The summed E-state index contributed by atoms with van der Waals surface area (Å²) in [7, 11) is 0. The van der Waals surface area contributed by atoms with Crippen LogP contribution in [0, 0.1) is 11.8 Å². The van der Waals surface area contributed by atoms with Crippen LogP contribution in [-0.2, 0) is 4.79 Å². The van der Waals surface area contributed by atoms with Gasteiger partial charge in [-0.2, -0.15) is 5.10 Å². The van der Waals surface area contributed by atoms with Gasteiger partial charge < -0.3 is 10.2 Å². The van der Waals surface area contributed by atoms with Crippen LogP contribution in [0.4, 0.5) is 0 Å². The van der Waals surface area contributed by atoms with E-state index in [4.69, 9.17) is 5.11 Å². The van der Waals surface area contributed by atoms with Crippen LogP contribution in [-0.4, -0.2) is 26.0 Å². The van der Waals surface area contributed by atoms with Crippen LogP contribution >= 0.6 is 0 Å². The molecule has 2 unspecified atom stereocenters. The monoisotopic (exact) mass is 240 g/mol. The molecule has 0 saturated carbocycles. The van der Waals surface area contributed by atoms with Crippen molar-refractivity contribution >= 4 is 5.97 Å². The highest BCUT2D eigenvalue weighted by molar-refractivity contribution is 5.71. The number of nitrogens with zero attached hydrogens (tertiary/aromatic N) is 2. The average Bonchev–Trinajstić information content (AvgIpc) is 2.64. The standard InChI is InChI=1S/C12H20N2O3/c1-7(2)10(12(16)17)11(15)9-5-13-14(6-9)8(3)4/h5-8,10-11,15H,1-4H3,(H,16,17). The summed E-state index contributed by atoms with van der Waals surface area (Å²) in [6, 6.07) is 0.193. The molecular formula is C12H20N2O3. The second-order valence-corrected chi connectivity index (χ2v) is 4.90. The van der Waals surface area contributed by atoms with Crippen molar-refractivity contribution in [3.05, 3.63) is 18.0 Å². The van der Waals surface area contributed by atoms with Crippen molar-refractivity contribution in [2.75, 3.05) is 0 Å². The quantitative estimate of drug-likeness (QED) is 0.823. The summed E-state index contributed by atoms with van der Waals surface area (Å²) in [5, 5.41) is 23.3. The Morgan fingerprint density at radius 2 is 1.94 bits per heavy atom. The molecule has 2 N–H and O–H groups in total. The van der Waals surface area contributed by atoms with Gasteiger partial charge in [0.15, 0.2) is 0 Å². The fraction of sp³-hybridized carbons (Fsp3) is 0.667. The summed E-state index contributed by atoms with van der Waals surface area (Å²) in [5.74, 6) is -1.92. The molecule has 1 aromatic rings. The van der Waals surface area contributed by atoms with Crippen molar-refractivity contribution in [3.63, 3.8) is 0 Å². The first-order valence-corrected chi connectivity index (χ1v) is 5.79. The van der Waals surface area contributed by atoms with E-state index in [9.17, 15) is 9.90 Å². The van der Waals surface area contributed by atoms with Crippen LogP contribution in [0.2, 0.25) is 0 Å². The van der Waals surface area contributed by atoms with Gasteiger partial charge in [-0.3, -0.25) is 9.48 Å². The SMILES string of the molecule is CC(C)C(C(=O)O)C(O)c1cnn(C(C)C)c1. The normalized spacial score (nSPS) is 15.2. The smallest absolute Gasteiger partial charge is 0.309 e. The van der Waals surface area contributed by atoms with Crippen LogP contribution in [0.15, 0.2) is 12.4 Å². The number of aliphatic hydroxyl groups excluding tert-OH is 1. The Morgan fingerprint density at radius 1 is 1.35 bits per heavy atom. The lowest BCUT2D eigenvalue weighted by molar-refractivity contribution is -0.148. The van der Waals surface area contributed by atoms with E-state index in [1.54, 1.807) is 24.7 Å². The molecule has 5 heteroatoms. The third-order valence-electron chi connectivity index (χ3n) is 2.84. The summed E-state index contributed by atoms with van der Waals surface area (Å²) in [5.41, 5.74) is 0.555. The fourth-order valence-electron chi connectivity index (χ4n) is 1.78. The van der Waals surface area contributed by atoms with Gasteiger partial charge in [0.2, 0.25) is 0 Å². The molecule has 5 nitrogen and oxygen atoms in total. The number of hydrogen-bond acceptors (Lipinski definition) is 3. The van der Waals surface area contributed by atoms with Crippen molar-refractivity contribution in [1.82, 2.24) is 9.78 Å². The number of carboxylic acid groups (broad SMARTS) is 1. The maximum absolute atomic E-state index is 11.1. The van der Waals surface area contributed by atoms with Gasteiger partial charge in [0.05, 0.1) is 18.2 Å². The first-order valence-electron chi connectivity index (χ1n) is 5.79. The number of carbonyl (C=O) groups is 1. The minimum Gasteiger partial charge on any atom is -0.481 e. The zero-order chi connectivity index (χ0) is 13.2. The summed E-state index contributed by atoms with van der Waals surface area (Å²) in [6.07, 6.45) is 2.22. The molecule has 0 aromatic carbocycles. The number of aliphatic carboxylic acids is 1. The van der Waals surface area contributed by atoms with E-state index in [0.717, 1.165) is 0 Å². The number of rotatable bonds is 5. The van der Waals surface area contributed by atoms with Gasteiger partial charge in [-0.05, 0) is 19.8 Å². The first kappa shape index (κ1) is 13.7. The van der Waals surface area contributed by atoms with Gasteiger partial charge >= 0.3 is 5.97 Å². The van der Waals surface area contributed by atoms with Crippen molar-refractivity contribution < 1.29 is 15.0 Å². The molecule has 0 aliphatic heterocycles. The predicted molar refractivity (Wildman–Crippen MR) is 63.5 cm³/mol.